The first-order valence-corrected chi connectivity index (χ1v) is 6.25. The molecule has 1 heteroatoms. The number of hydrogen-bond acceptors (Lipinski definition) is 0. The summed E-state index contributed by atoms with van der Waals surface area (Å²) in [7, 11) is 0. The monoisotopic (exact) mass is 204 g/mol. The van der Waals surface area contributed by atoms with Gasteiger partial charge in [-0.3, -0.25) is 0 Å². The Balaban J connectivity index is 1.88. The molecule has 1 N–H and O–H groups in total. The molecule has 1 aromatic rings. The summed E-state index contributed by atoms with van der Waals surface area (Å²) in [4.78, 5) is 1.80. The molecule has 15 heavy (non-hydrogen) atoms. The first-order valence-electron chi connectivity index (χ1n) is 6.25. The zero-order chi connectivity index (χ0) is 10.5. The second-order valence-corrected chi connectivity index (χ2v) is 4.83. The summed E-state index contributed by atoms with van der Waals surface area (Å²) >= 11 is 0. The highest BCUT2D eigenvalue weighted by Crippen LogP contribution is 2.12. The lowest BCUT2D eigenvalue weighted by Gasteiger charge is -2.26. The van der Waals surface area contributed by atoms with E-state index in [0.29, 0.717) is 5.92 Å². The Labute approximate surface area is 93.1 Å². The quantitative estimate of drug-likeness (QED) is 0.766. The zero-order valence-corrected chi connectivity index (χ0v) is 9.71. The largest absolute Gasteiger partial charge is 0.334 e. The third-order valence-corrected chi connectivity index (χ3v) is 3.52. The van der Waals surface area contributed by atoms with E-state index < -0.39 is 0 Å². The van der Waals surface area contributed by atoms with Crippen LogP contribution in [0.5, 0.6) is 0 Å². The predicted molar refractivity (Wildman–Crippen MR) is 64.3 cm³/mol. The number of quaternary nitrogens is 1. The van der Waals surface area contributed by atoms with E-state index >= 15 is 0 Å². The fourth-order valence-corrected chi connectivity index (χ4v) is 2.59. The van der Waals surface area contributed by atoms with Gasteiger partial charge in [0.15, 0.2) is 0 Å². The SMILES string of the molecule is C[C@@H](C[NH+]1CCCCC1)c1ccccc1. The molecule has 1 saturated heterocycles. The minimum absolute atomic E-state index is 0.708. The van der Waals surface area contributed by atoms with Crippen molar-refractivity contribution < 1.29 is 4.90 Å². The first kappa shape index (κ1) is 10.7. The van der Waals surface area contributed by atoms with Gasteiger partial charge in [-0.05, 0) is 24.8 Å². The van der Waals surface area contributed by atoms with Crippen LogP contribution < -0.4 is 4.90 Å². The average molecular weight is 204 g/mol. The van der Waals surface area contributed by atoms with Gasteiger partial charge in [0.2, 0.25) is 0 Å². The highest BCUT2D eigenvalue weighted by atomic mass is 15.1. The third kappa shape index (κ3) is 3.07. The average Bonchev–Trinajstić information content (AvgIpc) is 2.31. The van der Waals surface area contributed by atoms with E-state index in [1.165, 1.54) is 44.5 Å². The van der Waals surface area contributed by atoms with E-state index in [4.69, 9.17) is 0 Å². The Morgan fingerprint density at radius 1 is 1.07 bits per heavy atom. The summed E-state index contributed by atoms with van der Waals surface area (Å²) in [5.41, 5.74) is 1.50. The van der Waals surface area contributed by atoms with Crippen molar-refractivity contribution in [3.05, 3.63) is 35.9 Å². The lowest BCUT2D eigenvalue weighted by molar-refractivity contribution is -0.906. The molecular formula is C14H22N+. The van der Waals surface area contributed by atoms with Crippen molar-refractivity contribution in [2.24, 2.45) is 0 Å². The van der Waals surface area contributed by atoms with Crippen molar-refractivity contribution in [1.29, 1.82) is 0 Å². The maximum absolute atomic E-state index is 2.36. The van der Waals surface area contributed by atoms with Crippen LogP contribution in [0.4, 0.5) is 0 Å². The van der Waals surface area contributed by atoms with Gasteiger partial charge in [0.25, 0.3) is 0 Å². The van der Waals surface area contributed by atoms with E-state index in [1.54, 1.807) is 4.90 Å². The standard InChI is InChI=1S/C14H21N/c1-13(14-8-4-2-5-9-14)12-15-10-6-3-7-11-15/h2,4-5,8-9,13H,3,6-7,10-12H2,1H3/p+1/t13-/m0/s1. The Morgan fingerprint density at radius 2 is 1.73 bits per heavy atom. The van der Waals surface area contributed by atoms with E-state index in [1.807, 2.05) is 0 Å². The van der Waals surface area contributed by atoms with Gasteiger partial charge in [-0.2, -0.15) is 0 Å². The van der Waals surface area contributed by atoms with Crippen LogP contribution in [0.1, 0.15) is 37.7 Å². The Bertz CT molecular complexity index is 275. The van der Waals surface area contributed by atoms with E-state index in [-0.39, 0.29) is 0 Å². The molecule has 1 aliphatic rings. The fourth-order valence-electron chi connectivity index (χ4n) is 2.59. The molecule has 0 unspecified atom stereocenters. The van der Waals surface area contributed by atoms with Crippen LogP contribution in [0, 0.1) is 0 Å². The van der Waals surface area contributed by atoms with Crippen molar-refractivity contribution >= 4 is 0 Å². The summed E-state index contributed by atoms with van der Waals surface area (Å²) in [6, 6.07) is 10.9. The number of benzene rings is 1. The second kappa shape index (κ2) is 5.32. The molecule has 1 aliphatic heterocycles. The van der Waals surface area contributed by atoms with Gasteiger partial charge in [-0.15, -0.1) is 0 Å². The lowest BCUT2D eigenvalue weighted by Crippen LogP contribution is -3.13. The molecule has 0 bridgehead atoms. The Morgan fingerprint density at radius 3 is 2.40 bits per heavy atom. The van der Waals surface area contributed by atoms with Crippen LogP contribution in [0.2, 0.25) is 0 Å². The Kier molecular flexibility index (Phi) is 3.79. The molecule has 0 aliphatic carbocycles. The topological polar surface area (TPSA) is 4.44 Å². The fraction of sp³-hybridized carbons (Fsp3) is 0.571. The molecule has 2 rings (SSSR count). The van der Waals surface area contributed by atoms with Gasteiger partial charge in [-0.1, -0.05) is 37.3 Å². The third-order valence-electron chi connectivity index (χ3n) is 3.52. The minimum atomic E-state index is 0.708. The first-order chi connectivity index (χ1) is 7.36. The van der Waals surface area contributed by atoms with Gasteiger partial charge < -0.3 is 4.90 Å². The maximum atomic E-state index is 2.36. The van der Waals surface area contributed by atoms with Crippen LogP contribution in [0.25, 0.3) is 0 Å². The summed E-state index contributed by atoms with van der Waals surface area (Å²) in [6.07, 6.45) is 4.30. The number of likely N-dealkylation sites (tertiary alicyclic amines) is 1. The van der Waals surface area contributed by atoms with Gasteiger partial charge in [0.05, 0.1) is 19.6 Å². The number of rotatable bonds is 3. The van der Waals surface area contributed by atoms with Crippen molar-refractivity contribution in [3.8, 4) is 0 Å². The van der Waals surface area contributed by atoms with E-state index in [0.717, 1.165) is 0 Å². The smallest absolute Gasteiger partial charge is 0.0837 e. The summed E-state index contributed by atoms with van der Waals surface area (Å²) < 4.78 is 0. The van der Waals surface area contributed by atoms with Crippen LogP contribution >= 0.6 is 0 Å². The van der Waals surface area contributed by atoms with Crippen LogP contribution in [-0.2, 0) is 0 Å². The minimum Gasteiger partial charge on any atom is -0.334 e. The molecule has 1 fully saturated rings. The van der Waals surface area contributed by atoms with Crippen LogP contribution in [0.3, 0.4) is 0 Å². The number of nitrogens with one attached hydrogen (secondary N) is 1. The molecule has 82 valence electrons. The van der Waals surface area contributed by atoms with Crippen molar-refractivity contribution in [2.75, 3.05) is 19.6 Å². The van der Waals surface area contributed by atoms with Gasteiger partial charge in [0, 0.05) is 5.92 Å². The Hall–Kier alpha value is -0.820. The van der Waals surface area contributed by atoms with Crippen molar-refractivity contribution in [3.63, 3.8) is 0 Å². The van der Waals surface area contributed by atoms with Gasteiger partial charge in [0.1, 0.15) is 0 Å². The van der Waals surface area contributed by atoms with E-state index in [2.05, 4.69) is 37.3 Å². The highest BCUT2D eigenvalue weighted by Gasteiger charge is 2.17. The normalized spacial score (nSPS) is 20.1. The zero-order valence-electron chi connectivity index (χ0n) is 9.71. The van der Waals surface area contributed by atoms with Gasteiger partial charge >= 0.3 is 0 Å². The molecule has 0 radical (unpaired) electrons. The summed E-state index contributed by atoms with van der Waals surface area (Å²) in [6.45, 7) is 6.44. The summed E-state index contributed by atoms with van der Waals surface area (Å²) in [5, 5.41) is 0. The highest BCUT2D eigenvalue weighted by molar-refractivity contribution is 5.18. The van der Waals surface area contributed by atoms with Crippen LogP contribution in [0.15, 0.2) is 30.3 Å². The molecule has 0 amide bonds. The van der Waals surface area contributed by atoms with Gasteiger partial charge in [-0.25, -0.2) is 0 Å². The summed E-state index contributed by atoms with van der Waals surface area (Å²) in [5.74, 6) is 0.708. The van der Waals surface area contributed by atoms with Crippen molar-refractivity contribution in [1.82, 2.24) is 0 Å². The van der Waals surface area contributed by atoms with Crippen molar-refractivity contribution in [2.45, 2.75) is 32.1 Å². The number of hydrogen-bond donors (Lipinski definition) is 1. The molecule has 1 heterocycles. The second-order valence-electron chi connectivity index (χ2n) is 4.83. The molecule has 0 aromatic heterocycles. The lowest BCUT2D eigenvalue weighted by atomic mass is 9.99. The number of piperidine rings is 1. The van der Waals surface area contributed by atoms with E-state index in [9.17, 15) is 0 Å². The maximum Gasteiger partial charge on any atom is 0.0837 e. The molecule has 1 atom stereocenters. The molecule has 0 saturated carbocycles. The molecule has 0 spiro atoms. The molecular weight excluding hydrogens is 182 g/mol. The molecule has 1 nitrogen and oxygen atoms in total. The molecule has 1 aromatic carbocycles. The van der Waals surface area contributed by atoms with Crippen LogP contribution in [-0.4, -0.2) is 19.6 Å². The predicted octanol–water partition coefficient (Wildman–Crippen LogP) is 1.86.